The van der Waals surface area contributed by atoms with Crippen molar-refractivity contribution in [2.24, 2.45) is 0 Å². The van der Waals surface area contributed by atoms with E-state index in [4.69, 9.17) is 0 Å². The molecule has 0 saturated heterocycles. The molecule has 0 N–H and O–H groups in total. The number of rotatable bonds is 13. The zero-order chi connectivity index (χ0) is 38.0. The zero-order valence-electron chi connectivity index (χ0n) is 36.8. The summed E-state index contributed by atoms with van der Waals surface area (Å²) < 4.78 is 0. The smallest absolute Gasteiger partial charge is 0.0693 e. The molecule has 0 nitrogen and oxygen atoms in total. The number of benzene rings is 2. The molecule has 0 aliphatic rings. The maximum absolute atomic E-state index is 2.94. The van der Waals surface area contributed by atoms with E-state index in [0.29, 0.717) is 11.8 Å². The normalized spacial score (nSPS) is 14.8. The van der Waals surface area contributed by atoms with Crippen LogP contribution in [0.4, 0.5) is 0 Å². The van der Waals surface area contributed by atoms with E-state index in [2.05, 4.69) is 189 Å². The molecule has 2 aromatic rings. The largest absolute Gasteiger partial charge is 0.113 e. The first-order chi connectivity index (χ1) is 21.1. The molecule has 0 saturated carbocycles. The predicted molar refractivity (Wildman–Crippen MR) is 246 cm³/mol. The first-order valence-electron chi connectivity index (χ1n) is 19.4. The molecule has 0 aromatic heterocycles. The standard InChI is InChI=1S/C41H82Si7/c1-30(2)33-26-25-27-34(31(3)4)37(33)48(23,24)38-35(40(44(11,12)13)45(14,15)16)28-32(39(42(5,6)7)43(8,9)10)29-36(38)41(46(17,18)19)47(20,21)22/h25-31,39-41H,1-24H3. The van der Waals surface area contributed by atoms with Gasteiger partial charge in [-0.2, -0.15) is 0 Å². The van der Waals surface area contributed by atoms with Crippen molar-refractivity contribution in [1.29, 1.82) is 0 Å². The molecule has 0 aliphatic carbocycles. The van der Waals surface area contributed by atoms with Gasteiger partial charge in [-0.25, -0.2) is 0 Å². The lowest BCUT2D eigenvalue weighted by molar-refractivity contribution is 0.844. The van der Waals surface area contributed by atoms with Gasteiger partial charge < -0.3 is 0 Å². The Balaban J connectivity index is 3.62. The van der Waals surface area contributed by atoms with Crippen LogP contribution in [0.15, 0.2) is 30.3 Å². The van der Waals surface area contributed by atoms with Gasteiger partial charge in [-0.1, -0.05) is 200 Å². The summed E-state index contributed by atoms with van der Waals surface area (Å²) in [7, 11) is -11.7. The molecule has 2 aromatic carbocycles. The van der Waals surface area contributed by atoms with Crippen molar-refractivity contribution in [1.82, 2.24) is 0 Å². The minimum atomic E-state index is -2.24. The summed E-state index contributed by atoms with van der Waals surface area (Å²) in [5, 5.41) is 5.88. The molecule has 0 radical (unpaired) electrons. The highest BCUT2D eigenvalue weighted by atomic mass is 28.4. The Kier molecular flexibility index (Phi) is 13.2. The minimum absolute atomic E-state index is 0.523. The van der Waals surface area contributed by atoms with E-state index in [0.717, 1.165) is 15.5 Å². The molecular weight excluding hydrogens is 689 g/mol. The molecule has 0 bridgehead atoms. The summed E-state index contributed by atoms with van der Waals surface area (Å²) in [5.41, 5.74) is 8.71. The van der Waals surface area contributed by atoms with Gasteiger partial charge in [-0.3, -0.25) is 0 Å². The van der Waals surface area contributed by atoms with Crippen molar-refractivity contribution in [3.8, 4) is 0 Å². The Bertz CT molecular complexity index is 1290. The Morgan fingerprint density at radius 2 is 0.604 bits per heavy atom. The monoisotopic (exact) mass is 770 g/mol. The second-order valence-electron chi connectivity index (χ2n) is 23.3. The fourth-order valence-electron chi connectivity index (χ4n) is 11.2. The van der Waals surface area contributed by atoms with Gasteiger partial charge >= 0.3 is 0 Å². The zero-order valence-corrected chi connectivity index (χ0v) is 43.8. The van der Waals surface area contributed by atoms with Gasteiger partial charge in [0.25, 0.3) is 0 Å². The predicted octanol–water partition coefficient (Wildman–Crippen LogP) is 13.3. The molecule has 0 aliphatic heterocycles. The highest BCUT2D eigenvalue weighted by Gasteiger charge is 2.49. The first-order valence-corrected chi connectivity index (χ1v) is 43.8. The van der Waals surface area contributed by atoms with Gasteiger partial charge in [0, 0.05) is 48.4 Å². The molecule has 0 amide bonds. The molecule has 48 heavy (non-hydrogen) atoms. The average Bonchev–Trinajstić information content (AvgIpc) is 2.77. The Morgan fingerprint density at radius 1 is 0.354 bits per heavy atom. The fraction of sp³-hybridized carbons (Fsp3) is 0.707. The molecule has 0 unspecified atom stereocenters. The van der Waals surface area contributed by atoms with Crippen molar-refractivity contribution in [3.63, 3.8) is 0 Å². The quantitative estimate of drug-likeness (QED) is 0.178. The lowest BCUT2D eigenvalue weighted by atomic mass is 9.95. The van der Waals surface area contributed by atoms with Crippen molar-refractivity contribution in [2.75, 3.05) is 0 Å². The SMILES string of the molecule is CC(C)c1cccc(C(C)C)c1[Si](C)(C)c1c(C([Si](C)(C)C)[Si](C)(C)C)cc(C([Si](C)(C)C)[Si](C)(C)C)cc1C([Si](C)(C)C)[Si](C)(C)C. The van der Waals surface area contributed by atoms with Crippen LogP contribution in [0.25, 0.3) is 0 Å². The van der Waals surface area contributed by atoms with Crippen LogP contribution in [0.1, 0.15) is 82.8 Å². The van der Waals surface area contributed by atoms with Crippen LogP contribution in [0, 0.1) is 0 Å². The van der Waals surface area contributed by atoms with Gasteiger partial charge in [0.15, 0.2) is 0 Å². The third kappa shape index (κ3) is 9.68. The van der Waals surface area contributed by atoms with Crippen molar-refractivity contribution >= 4 is 66.9 Å². The molecule has 0 heterocycles. The molecular formula is C41H82Si7. The van der Waals surface area contributed by atoms with Crippen LogP contribution in [0.3, 0.4) is 0 Å². The van der Waals surface area contributed by atoms with Crippen molar-refractivity contribution in [2.45, 2.75) is 186 Å². The van der Waals surface area contributed by atoms with E-state index >= 15 is 0 Å². The third-order valence-electron chi connectivity index (χ3n) is 11.0. The van der Waals surface area contributed by atoms with Gasteiger partial charge in [-0.05, 0) is 54.4 Å². The van der Waals surface area contributed by atoms with Gasteiger partial charge in [0.2, 0.25) is 0 Å². The Hall–Kier alpha value is -0.0418. The maximum atomic E-state index is 2.94. The summed E-state index contributed by atoms with van der Waals surface area (Å²) in [6.07, 6.45) is 0. The summed E-state index contributed by atoms with van der Waals surface area (Å²) >= 11 is 0. The second-order valence-corrected chi connectivity index (χ2v) is 61.2. The third-order valence-corrected chi connectivity index (χ3v) is 42.5. The molecule has 7 heteroatoms. The lowest BCUT2D eigenvalue weighted by Gasteiger charge is -2.48. The van der Waals surface area contributed by atoms with Gasteiger partial charge in [0.05, 0.1) is 0 Å². The summed E-state index contributed by atoms with van der Waals surface area (Å²) in [4.78, 5) is 0. The summed E-state index contributed by atoms with van der Waals surface area (Å²) in [5.74, 6) is 1.05. The van der Waals surface area contributed by atoms with Crippen LogP contribution in [0.5, 0.6) is 0 Å². The lowest BCUT2D eigenvalue weighted by Crippen LogP contribution is -2.63. The summed E-state index contributed by atoms with van der Waals surface area (Å²) in [6.45, 7) is 64.0. The van der Waals surface area contributed by atoms with E-state index in [9.17, 15) is 0 Å². The van der Waals surface area contributed by atoms with E-state index in [-0.39, 0.29) is 0 Å². The summed E-state index contributed by atoms with van der Waals surface area (Å²) in [6, 6.07) is 13.3. The molecule has 0 spiro atoms. The molecule has 274 valence electrons. The molecule has 0 atom stereocenters. The molecule has 0 fully saturated rings. The Labute approximate surface area is 309 Å². The van der Waals surface area contributed by atoms with Crippen LogP contribution in [0.2, 0.25) is 131 Å². The van der Waals surface area contributed by atoms with Crippen LogP contribution in [-0.4, -0.2) is 56.5 Å². The van der Waals surface area contributed by atoms with E-state index in [1.54, 1.807) is 21.9 Å². The fourth-order valence-corrected chi connectivity index (χ4v) is 54.3. The molecule has 2 rings (SSSR count). The van der Waals surface area contributed by atoms with Gasteiger partial charge in [0.1, 0.15) is 8.07 Å². The van der Waals surface area contributed by atoms with E-state index in [1.807, 2.05) is 16.3 Å². The highest BCUT2D eigenvalue weighted by molar-refractivity contribution is 7.04. The maximum Gasteiger partial charge on any atom is 0.113 e. The van der Waals surface area contributed by atoms with Crippen LogP contribution in [-0.2, 0) is 0 Å². The van der Waals surface area contributed by atoms with Crippen molar-refractivity contribution < 1.29 is 0 Å². The Morgan fingerprint density at radius 3 is 0.833 bits per heavy atom. The number of hydrogen-bond acceptors (Lipinski definition) is 0. The van der Waals surface area contributed by atoms with E-state index in [1.165, 1.54) is 0 Å². The number of hydrogen-bond donors (Lipinski definition) is 0. The van der Waals surface area contributed by atoms with E-state index < -0.39 is 56.5 Å². The van der Waals surface area contributed by atoms with Crippen LogP contribution >= 0.6 is 0 Å². The average molecular weight is 772 g/mol. The van der Waals surface area contributed by atoms with Crippen molar-refractivity contribution in [3.05, 3.63) is 58.1 Å². The van der Waals surface area contributed by atoms with Crippen LogP contribution < -0.4 is 10.4 Å². The first kappa shape index (κ1) is 44.1. The topological polar surface area (TPSA) is 0 Å². The second kappa shape index (κ2) is 14.4. The minimum Gasteiger partial charge on any atom is -0.0693 e. The van der Waals surface area contributed by atoms with Gasteiger partial charge in [-0.15, -0.1) is 0 Å². The highest BCUT2D eigenvalue weighted by Crippen LogP contribution is 2.45.